The molecule has 3 nitrogen and oxygen atoms in total. The van der Waals surface area contributed by atoms with Crippen LogP contribution in [0.2, 0.25) is 10.0 Å². The van der Waals surface area contributed by atoms with Crippen molar-refractivity contribution in [2.75, 3.05) is 13.2 Å². The summed E-state index contributed by atoms with van der Waals surface area (Å²) in [7, 11) is 0. The van der Waals surface area contributed by atoms with Gasteiger partial charge in [0.1, 0.15) is 5.82 Å². The number of rotatable bonds is 6. The van der Waals surface area contributed by atoms with Crippen LogP contribution in [0, 0.1) is 5.82 Å². The van der Waals surface area contributed by atoms with Crippen LogP contribution < -0.4 is 0 Å². The van der Waals surface area contributed by atoms with E-state index in [0.29, 0.717) is 23.1 Å². The second-order valence-electron chi connectivity index (χ2n) is 6.47. The molecule has 3 rings (SSSR count). The third-order valence-electron chi connectivity index (χ3n) is 4.42. The summed E-state index contributed by atoms with van der Waals surface area (Å²) in [5.74, 6) is -0.461. The lowest BCUT2D eigenvalue weighted by Gasteiger charge is -2.25. The maximum absolute atomic E-state index is 13.0. The Morgan fingerprint density at radius 2 is 2.00 bits per heavy atom. The highest BCUT2D eigenvalue weighted by molar-refractivity contribution is 6.35. The van der Waals surface area contributed by atoms with Crippen molar-refractivity contribution in [1.82, 2.24) is 4.90 Å². The molecule has 0 aliphatic carbocycles. The Labute approximate surface area is 168 Å². The van der Waals surface area contributed by atoms with Crippen LogP contribution >= 0.6 is 23.2 Å². The number of nitrogens with zero attached hydrogens (tertiary/aromatic N) is 1. The summed E-state index contributed by atoms with van der Waals surface area (Å²) >= 11 is 12.2. The van der Waals surface area contributed by atoms with E-state index in [1.807, 2.05) is 6.07 Å². The Morgan fingerprint density at radius 1 is 1.22 bits per heavy atom. The summed E-state index contributed by atoms with van der Waals surface area (Å²) < 4.78 is 18.7. The molecule has 27 heavy (non-hydrogen) atoms. The number of benzene rings is 2. The Balaban J connectivity index is 1.75. The molecule has 0 aromatic heterocycles. The summed E-state index contributed by atoms with van der Waals surface area (Å²) in [6, 6.07) is 11.2. The second-order valence-corrected chi connectivity index (χ2v) is 7.32. The first-order chi connectivity index (χ1) is 13.0. The van der Waals surface area contributed by atoms with E-state index < -0.39 is 0 Å². The van der Waals surface area contributed by atoms with Crippen molar-refractivity contribution in [2.45, 2.75) is 25.5 Å². The molecule has 1 unspecified atom stereocenters. The number of carbonyl (C=O) groups excluding carboxylic acids is 1. The molecule has 1 aliphatic heterocycles. The Hall–Kier alpha value is -1.88. The predicted molar refractivity (Wildman–Crippen MR) is 106 cm³/mol. The number of hydrogen-bond acceptors (Lipinski definition) is 2. The van der Waals surface area contributed by atoms with Crippen molar-refractivity contribution < 1.29 is 13.9 Å². The zero-order valence-corrected chi connectivity index (χ0v) is 16.2. The van der Waals surface area contributed by atoms with Crippen molar-refractivity contribution in [2.24, 2.45) is 0 Å². The van der Waals surface area contributed by atoms with Crippen LogP contribution in [-0.2, 0) is 16.1 Å². The fourth-order valence-corrected chi connectivity index (χ4v) is 3.44. The SMILES string of the molecule is O=C(/C=C/c1ccc(F)cc1)N(Cc1ccc(Cl)cc1Cl)CC1CCCO1. The van der Waals surface area contributed by atoms with Crippen molar-refractivity contribution in [1.29, 1.82) is 0 Å². The highest BCUT2D eigenvalue weighted by atomic mass is 35.5. The molecule has 1 amide bonds. The standard InChI is InChI=1S/C21H20Cl2FNO2/c22-17-7-6-16(20(23)12-17)13-25(14-19-2-1-11-27-19)21(26)10-5-15-3-8-18(24)9-4-15/h3-10,12,19H,1-2,11,13-14H2/b10-5+. The van der Waals surface area contributed by atoms with Gasteiger partial charge >= 0.3 is 0 Å². The van der Waals surface area contributed by atoms with Gasteiger partial charge in [0.2, 0.25) is 5.91 Å². The van der Waals surface area contributed by atoms with Gasteiger partial charge < -0.3 is 9.64 Å². The Kier molecular flexibility index (Phi) is 6.89. The van der Waals surface area contributed by atoms with E-state index in [4.69, 9.17) is 27.9 Å². The summed E-state index contributed by atoms with van der Waals surface area (Å²) in [6.45, 7) is 1.58. The van der Waals surface area contributed by atoms with Crippen LogP contribution in [0.3, 0.4) is 0 Å². The number of ether oxygens (including phenoxy) is 1. The highest BCUT2D eigenvalue weighted by Crippen LogP contribution is 2.23. The molecular formula is C21H20Cl2FNO2. The first kappa shape index (κ1) is 19.9. The largest absolute Gasteiger partial charge is 0.376 e. The van der Waals surface area contributed by atoms with Gasteiger partial charge in [-0.05, 0) is 54.3 Å². The minimum absolute atomic E-state index is 0.0271. The van der Waals surface area contributed by atoms with Crippen molar-refractivity contribution in [3.8, 4) is 0 Å². The zero-order valence-electron chi connectivity index (χ0n) is 14.7. The lowest BCUT2D eigenvalue weighted by Crippen LogP contribution is -2.36. The van der Waals surface area contributed by atoms with Crippen LogP contribution in [0.5, 0.6) is 0 Å². The monoisotopic (exact) mass is 407 g/mol. The molecule has 2 aromatic rings. The van der Waals surface area contributed by atoms with Crippen LogP contribution in [0.25, 0.3) is 6.08 Å². The van der Waals surface area contributed by atoms with Gasteiger partial charge in [-0.3, -0.25) is 4.79 Å². The quantitative estimate of drug-likeness (QED) is 0.603. The van der Waals surface area contributed by atoms with E-state index in [1.165, 1.54) is 18.2 Å². The van der Waals surface area contributed by atoms with Gasteiger partial charge in [0.15, 0.2) is 0 Å². The fourth-order valence-electron chi connectivity index (χ4n) is 2.97. The highest BCUT2D eigenvalue weighted by Gasteiger charge is 2.22. The lowest BCUT2D eigenvalue weighted by molar-refractivity contribution is -0.128. The minimum Gasteiger partial charge on any atom is -0.376 e. The predicted octanol–water partition coefficient (Wildman–Crippen LogP) is 5.35. The average molecular weight is 408 g/mol. The molecular weight excluding hydrogens is 388 g/mol. The lowest BCUT2D eigenvalue weighted by atomic mass is 10.1. The van der Waals surface area contributed by atoms with Crippen LogP contribution in [0.15, 0.2) is 48.5 Å². The molecule has 142 valence electrons. The second kappa shape index (κ2) is 9.36. The van der Waals surface area contributed by atoms with Crippen LogP contribution in [0.1, 0.15) is 24.0 Å². The van der Waals surface area contributed by atoms with E-state index >= 15 is 0 Å². The van der Waals surface area contributed by atoms with Gasteiger partial charge in [0, 0.05) is 35.8 Å². The van der Waals surface area contributed by atoms with E-state index in [-0.39, 0.29) is 17.8 Å². The van der Waals surface area contributed by atoms with E-state index in [0.717, 1.165) is 30.6 Å². The zero-order chi connectivity index (χ0) is 19.2. The molecule has 1 saturated heterocycles. The third kappa shape index (κ3) is 5.80. The minimum atomic E-state index is -0.309. The molecule has 1 atom stereocenters. The summed E-state index contributed by atoms with van der Waals surface area (Å²) in [4.78, 5) is 14.5. The molecule has 1 aliphatic rings. The molecule has 0 spiro atoms. The number of carbonyl (C=O) groups is 1. The molecule has 1 heterocycles. The van der Waals surface area contributed by atoms with Crippen molar-refractivity contribution in [3.63, 3.8) is 0 Å². The summed E-state index contributed by atoms with van der Waals surface area (Å²) in [6.07, 6.45) is 5.12. The normalized spacial score (nSPS) is 16.8. The fraction of sp³-hybridized carbons (Fsp3) is 0.286. The first-order valence-corrected chi connectivity index (χ1v) is 9.55. The molecule has 0 radical (unpaired) electrons. The van der Waals surface area contributed by atoms with Gasteiger partial charge in [0.05, 0.1) is 6.10 Å². The molecule has 0 bridgehead atoms. The maximum Gasteiger partial charge on any atom is 0.246 e. The molecule has 1 fully saturated rings. The molecule has 0 N–H and O–H groups in total. The number of halogens is 3. The van der Waals surface area contributed by atoms with Gasteiger partial charge in [-0.2, -0.15) is 0 Å². The van der Waals surface area contributed by atoms with Gasteiger partial charge in [-0.25, -0.2) is 4.39 Å². The van der Waals surface area contributed by atoms with Crippen LogP contribution in [0.4, 0.5) is 4.39 Å². The smallest absolute Gasteiger partial charge is 0.246 e. The van der Waals surface area contributed by atoms with Crippen molar-refractivity contribution in [3.05, 3.63) is 75.5 Å². The van der Waals surface area contributed by atoms with Gasteiger partial charge in [0.25, 0.3) is 0 Å². The van der Waals surface area contributed by atoms with Crippen molar-refractivity contribution >= 4 is 35.2 Å². The number of amides is 1. The average Bonchev–Trinajstić information content (AvgIpc) is 3.15. The summed E-state index contributed by atoms with van der Waals surface area (Å²) in [5, 5.41) is 1.08. The number of hydrogen-bond donors (Lipinski definition) is 0. The van der Waals surface area contributed by atoms with Crippen LogP contribution in [-0.4, -0.2) is 30.1 Å². The molecule has 2 aromatic carbocycles. The van der Waals surface area contributed by atoms with Gasteiger partial charge in [-0.1, -0.05) is 41.4 Å². The van der Waals surface area contributed by atoms with E-state index in [2.05, 4.69) is 0 Å². The first-order valence-electron chi connectivity index (χ1n) is 8.79. The van der Waals surface area contributed by atoms with E-state index in [1.54, 1.807) is 35.2 Å². The maximum atomic E-state index is 13.0. The Bertz CT molecular complexity index is 817. The van der Waals surface area contributed by atoms with Gasteiger partial charge in [-0.15, -0.1) is 0 Å². The topological polar surface area (TPSA) is 29.5 Å². The van der Waals surface area contributed by atoms with E-state index in [9.17, 15) is 9.18 Å². The summed E-state index contributed by atoms with van der Waals surface area (Å²) in [5.41, 5.74) is 1.58. The molecule has 0 saturated carbocycles. The molecule has 6 heteroatoms. The third-order valence-corrected chi connectivity index (χ3v) is 5.01. The Morgan fingerprint density at radius 3 is 2.67 bits per heavy atom.